The Morgan fingerprint density at radius 3 is 2.31 bits per heavy atom. The highest BCUT2D eigenvalue weighted by atomic mass is 19.4. The number of methoxy groups -OCH3 is 1. The first-order valence-electron chi connectivity index (χ1n) is 11.1. The van der Waals surface area contributed by atoms with E-state index in [4.69, 9.17) is 4.74 Å². The number of nitrogens with one attached hydrogen (secondary N) is 1. The van der Waals surface area contributed by atoms with Crippen LogP contribution in [-0.2, 0) is 0 Å². The molecule has 1 aliphatic heterocycles. The number of fused-ring (bicyclic) bond motifs is 1. The van der Waals surface area contributed by atoms with Gasteiger partial charge in [-0.2, -0.15) is 13.2 Å². The van der Waals surface area contributed by atoms with Crippen molar-refractivity contribution in [1.82, 2.24) is 14.5 Å². The van der Waals surface area contributed by atoms with E-state index in [-0.39, 0.29) is 22.6 Å². The molecule has 1 N–H and O–H groups in total. The van der Waals surface area contributed by atoms with Crippen molar-refractivity contribution in [1.29, 1.82) is 0 Å². The van der Waals surface area contributed by atoms with E-state index in [0.717, 1.165) is 25.2 Å². The number of anilines is 2. The Morgan fingerprint density at radius 2 is 1.71 bits per heavy atom. The molecule has 0 unspecified atom stereocenters. The van der Waals surface area contributed by atoms with Crippen molar-refractivity contribution in [3.05, 3.63) is 71.3 Å². The molecule has 1 fully saturated rings. The lowest BCUT2D eigenvalue weighted by molar-refractivity contribution is -0.115. The van der Waals surface area contributed by atoms with Crippen molar-refractivity contribution in [3.8, 4) is 22.6 Å². The fraction of sp³-hybridized carbons (Fsp3) is 0.240. The van der Waals surface area contributed by atoms with E-state index in [1.807, 2.05) is 24.3 Å². The highest BCUT2D eigenvalue weighted by Crippen LogP contribution is 2.29. The van der Waals surface area contributed by atoms with Crippen molar-refractivity contribution in [3.63, 3.8) is 0 Å². The summed E-state index contributed by atoms with van der Waals surface area (Å²) in [5, 5.41) is 2.71. The van der Waals surface area contributed by atoms with E-state index in [2.05, 4.69) is 20.2 Å². The van der Waals surface area contributed by atoms with E-state index in [1.165, 1.54) is 10.8 Å². The molecule has 0 saturated carbocycles. The van der Waals surface area contributed by atoms with Crippen LogP contribution >= 0.6 is 0 Å². The van der Waals surface area contributed by atoms with Gasteiger partial charge in [0.05, 0.1) is 18.2 Å². The summed E-state index contributed by atoms with van der Waals surface area (Å²) in [6, 6.07) is 14.6. The third kappa shape index (κ3) is 4.64. The first kappa shape index (κ1) is 22.7. The minimum Gasteiger partial charge on any atom is -0.497 e. The van der Waals surface area contributed by atoms with Gasteiger partial charge in [-0.15, -0.1) is 0 Å². The van der Waals surface area contributed by atoms with Gasteiger partial charge < -0.3 is 15.0 Å². The Bertz CT molecular complexity index is 1410. The van der Waals surface area contributed by atoms with Gasteiger partial charge in [0.2, 0.25) is 5.95 Å². The maximum Gasteiger partial charge on any atom is 0.405 e. The summed E-state index contributed by atoms with van der Waals surface area (Å²) >= 11 is 0. The van der Waals surface area contributed by atoms with E-state index in [9.17, 15) is 18.0 Å². The number of rotatable bonds is 6. The first-order chi connectivity index (χ1) is 16.8. The minimum absolute atomic E-state index is 0.199. The zero-order chi connectivity index (χ0) is 24.6. The van der Waals surface area contributed by atoms with Crippen molar-refractivity contribution in [2.24, 2.45) is 0 Å². The third-order valence-corrected chi connectivity index (χ3v) is 5.93. The van der Waals surface area contributed by atoms with Crippen LogP contribution in [0.15, 0.2) is 65.7 Å². The maximum atomic E-state index is 13.7. The predicted octanol–water partition coefficient (Wildman–Crippen LogP) is 4.64. The average Bonchev–Trinajstić information content (AvgIpc) is 2.81. The highest BCUT2D eigenvalue weighted by molar-refractivity contribution is 5.93. The van der Waals surface area contributed by atoms with E-state index < -0.39 is 12.7 Å². The lowest BCUT2D eigenvalue weighted by Crippen LogP contribution is -2.36. The predicted molar refractivity (Wildman–Crippen MR) is 128 cm³/mol. The Kier molecular flexibility index (Phi) is 5.80. The van der Waals surface area contributed by atoms with Crippen LogP contribution in [0.1, 0.15) is 6.42 Å². The average molecular weight is 481 g/mol. The molecule has 4 aromatic rings. The second-order valence-electron chi connectivity index (χ2n) is 8.23. The van der Waals surface area contributed by atoms with Gasteiger partial charge in [0.15, 0.2) is 0 Å². The molecule has 5 rings (SSSR count). The van der Waals surface area contributed by atoms with Crippen LogP contribution in [-0.4, -0.2) is 47.5 Å². The third-order valence-electron chi connectivity index (χ3n) is 5.93. The number of halogens is 3. The number of nitrogens with zero attached hydrogens (tertiary/aromatic N) is 4. The molecule has 0 spiro atoms. The van der Waals surface area contributed by atoms with Gasteiger partial charge in [-0.3, -0.25) is 9.36 Å². The summed E-state index contributed by atoms with van der Waals surface area (Å²) in [6.07, 6.45) is -0.280. The first-order valence-corrected chi connectivity index (χ1v) is 11.1. The molecule has 1 saturated heterocycles. The fourth-order valence-electron chi connectivity index (χ4n) is 3.98. The zero-order valence-corrected chi connectivity index (χ0v) is 18.8. The van der Waals surface area contributed by atoms with E-state index in [1.54, 1.807) is 37.6 Å². The molecule has 7 nitrogen and oxygen atoms in total. The van der Waals surface area contributed by atoms with Crippen LogP contribution in [0.3, 0.4) is 0 Å². The molecule has 2 aromatic carbocycles. The summed E-state index contributed by atoms with van der Waals surface area (Å²) in [4.78, 5) is 24.3. The van der Waals surface area contributed by atoms with Crippen LogP contribution in [0.25, 0.3) is 27.7 Å². The van der Waals surface area contributed by atoms with Gasteiger partial charge in [0, 0.05) is 42.2 Å². The molecule has 35 heavy (non-hydrogen) atoms. The van der Waals surface area contributed by atoms with Crippen molar-refractivity contribution in [2.75, 3.05) is 37.0 Å². The summed E-state index contributed by atoms with van der Waals surface area (Å²) in [5.74, 6) is 0.447. The monoisotopic (exact) mass is 481 g/mol. The van der Waals surface area contributed by atoms with Gasteiger partial charge in [-0.1, -0.05) is 12.1 Å². The van der Waals surface area contributed by atoms with E-state index in [0.29, 0.717) is 22.4 Å². The highest BCUT2D eigenvalue weighted by Gasteiger charge is 2.27. The molecule has 0 bridgehead atoms. The van der Waals surface area contributed by atoms with Crippen molar-refractivity contribution >= 4 is 22.5 Å². The molecule has 3 heterocycles. The Hall–Kier alpha value is -4.08. The molecular weight excluding hydrogens is 459 g/mol. The standard InChI is InChI=1S/C25H22F3N5O2/c1-35-20-9-7-19(8-10-20)33-14-17-13-29-24(30-15-25(26,27)28)31-22(17)21(23(33)34)16-3-5-18(6-4-16)32-11-2-12-32/h3-10,13-14H,2,11-12,15H2,1H3,(H,30,31). The normalized spacial score (nSPS) is 13.5. The Morgan fingerprint density at radius 1 is 1.03 bits per heavy atom. The SMILES string of the molecule is COc1ccc(-n2cc3cnc(NCC(F)(F)F)nc3c(-c3ccc(N4CCC4)cc3)c2=O)cc1. The second kappa shape index (κ2) is 8.94. The molecule has 0 aliphatic carbocycles. The fourth-order valence-corrected chi connectivity index (χ4v) is 3.98. The van der Waals surface area contributed by atoms with Gasteiger partial charge in [0.25, 0.3) is 5.56 Å². The van der Waals surface area contributed by atoms with Crippen molar-refractivity contribution in [2.45, 2.75) is 12.6 Å². The zero-order valence-electron chi connectivity index (χ0n) is 18.8. The van der Waals surface area contributed by atoms with Gasteiger partial charge in [0.1, 0.15) is 12.3 Å². The van der Waals surface area contributed by atoms with Gasteiger partial charge in [-0.05, 0) is 48.4 Å². The topological polar surface area (TPSA) is 72.3 Å². The lowest BCUT2D eigenvalue weighted by atomic mass is 10.0. The Balaban J connectivity index is 1.66. The number of alkyl halides is 3. The Labute approximate surface area is 198 Å². The summed E-state index contributed by atoms with van der Waals surface area (Å²) < 4.78 is 44.8. The second-order valence-corrected chi connectivity index (χ2v) is 8.23. The number of benzene rings is 2. The molecule has 180 valence electrons. The minimum atomic E-state index is -4.42. The molecule has 0 radical (unpaired) electrons. The van der Waals surface area contributed by atoms with Gasteiger partial charge >= 0.3 is 6.18 Å². The molecule has 0 atom stereocenters. The van der Waals surface area contributed by atoms with Gasteiger partial charge in [-0.25, -0.2) is 9.97 Å². The quantitative estimate of drug-likeness (QED) is 0.433. The molecule has 10 heteroatoms. The molecule has 1 aliphatic rings. The van der Waals surface area contributed by atoms with E-state index >= 15 is 0 Å². The number of pyridine rings is 1. The van der Waals surface area contributed by atoms with Crippen molar-refractivity contribution < 1.29 is 17.9 Å². The number of ether oxygens (including phenoxy) is 1. The smallest absolute Gasteiger partial charge is 0.405 e. The summed E-state index contributed by atoms with van der Waals surface area (Å²) in [7, 11) is 1.56. The number of hydrogen-bond donors (Lipinski definition) is 1. The number of hydrogen-bond acceptors (Lipinski definition) is 6. The summed E-state index contributed by atoms with van der Waals surface area (Å²) in [5.41, 5.74) is 2.49. The maximum absolute atomic E-state index is 13.7. The largest absolute Gasteiger partial charge is 0.497 e. The lowest BCUT2D eigenvalue weighted by Gasteiger charge is -2.33. The van der Waals surface area contributed by atoms with Crippen LogP contribution in [0, 0.1) is 0 Å². The molecule has 2 aromatic heterocycles. The van der Waals surface area contributed by atoms with Crippen LogP contribution in [0.2, 0.25) is 0 Å². The van der Waals surface area contributed by atoms with Crippen LogP contribution in [0.4, 0.5) is 24.8 Å². The van der Waals surface area contributed by atoms with Crippen LogP contribution in [0.5, 0.6) is 5.75 Å². The summed E-state index contributed by atoms with van der Waals surface area (Å²) in [6.45, 7) is 0.694. The van der Waals surface area contributed by atoms with Crippen LogP contribution < -0.4 is 20.5 Å². The molecular formula is C25H22F3N5O2. The molecule has 0 amide bonds. The number of aromatic nitrogens is 3.